The van der Waals surface area contributed by atoms with Crippen molar-refractivity contribution in [1.82, 2.24) is 9.80 Å². The van der Waals surface area contributed by atoms with Crippen LogP contribution in [0.25, 0.3) is 0 Å². The van der Waals surface area contributed by atoms with E-state index in [1.165, 1.54) is 11.8 Å². The van der Waals surface area contributed by atoms with Crippen molar-refractivity contribution < 1.29 is 13.2 Å². The van der Waals surface area contributed by atoms with Gasteiger partial charge in [0.25, 0.3) is 0 Å². The fourth-order valence-corrected chi connectivity index (χ4v) is 6.29. The smallest absolute Gasteiger partial charge is 0.233 e. The van der Waals surface area contributed by atoms with Crippen LogP contribution in [-0.2, 0) is 14.6 Å². The molecule has 23 heavy (non-hydrogen) atoms. The Labute approximate surface area is 141 Å². The number of fused-ring (bicyclic) bond motifs is 1. The Morgan fingerprint density at radius 3 is 2.57 bits per heavy atom. The molecule has 126 valence electrons. The molecule has 1 amide bonds. The van der Waals surface area contributed by atoms with E-state index in [-0.39, 0.29) is 29.5 Å². The van der Waals surface area contributed by atoms with Crippen LogP contribution in [0.3, 0.4) is 0 Å². The van der Waals surface area contributed by atoms with Crippen LogP contribution in [0, 0.1) is 0 Å². The fourth-order valence-electron chi connectivity index (χ4n) is 3.47. The Balaban J connectivity index is 1.68. The van der Waals surface area contributed by atoms with Gasteiger partial charge in [0.15, 0.2) is 9.84 Å². The van der Waals surface area contributed by atoms with Crippen LogP contribution in [0.2, 0.25) is 0 Å². The molecule has 2 heterocycles. The lowest BCUT2D eigenvalue weighted by Gasteiger charge is -2.43. The van der Waals surface area contributed by atoms with Crippen molar-refractivity contribution in [2.24, 2.45) is 0 Å². The van der Waals surface area contributed by atoms with Gasteiger partial charge in [0, 0.05) is 24.0 Å². The molecule has 2 atom stereocenters. The summed E-state index contributed by atoms with van der Waals surface area (Å²) in [6.07, 6.45) is 0. The average molecular weight is 354 g/mol. The predicted molar refractivity (Wildman–Crippen MR) is 92.4 cm³/mol. The largest absolute Gasteiger partial charge is 0.335 e. The SMILES string of the molecule is CCN1CCN(C(=O)CSc2ccccc2)[C@H]2CS(=O)(=O)C[C@H]21. The van der Waals surface area contributed by atoms with Crippen LogP contribution in [-0.4, -0.2) is 73.1 Å². The summed E-state index contributed by atoms with van der Waals surface area (Å²) in [5.74, 6) is 0.692. The second-order valence-electron chi connectivity index (χ2n) is 6.03. The molecular weight excluding hydrogens is 332 g/mol. The highest BCUT2D eigenvalue weighted by Gasteiger charge is 2.47. The zero-order valence-corrected chi connectivity index (χ0v) is 14.9. The van der Waals surface area contributed by atoms with Crippen molar-refractivity contribution in [3.8, 4) is 0 Å². The molecule has 1 aromatic rings. The number of rotatable bonds is 4. The summed E-state index contributed by atoms with van der Waals surface area (Å²) in [7, 11) is -3.05. The maximum Gasteiger partial charge on any atom is 0.233 e. The van der Waals surface area contributed by atoms with E-state index in [0.717, 1.165) is 18.0 Å². The van der Waals surface area contributed by atoms with Crippen LogP contribution in [0.5, 0.6) is 0 Å². The molecule has 0 aromatic heterocycles. The Kier molecular flexibility index (Phi) is 4.98. The third-order valence-electron chi connectivity index (χ3n) is 4.62. The monoisotopic (exact) mass is 354 g/mol. The summed E-state index contributed by atoms with van der Waals surface area (Å²) < 4.78 is 24.1. The molecular formula is C16H22N2O3S2. The van der Waals surface area contributed by atoms with Crippen molar-refractivity contribution >= 4 is 27.5 Å². The third kappa shape index (κ3) is 3.72. The molecule has 0 unspecified atom stereocenters. The molecule has 0 N–H and O–H groups in total. The molecule has 0 radical (unpaired) electrons. The fraction of sp³-hybridized carbons (Fsp3) is 0.562. The van der Waals surface area contributed by atoms with E-state index in [1.54, 1.807) is 4.90 Å². The molecule has 5 nitrogen and oxygen atoms in total. The molecule has 1 aromatic carbocycles. The van der Waals surface area contributed by atoms with E-state index < -0.39 is 9.84 Å². The molecule has 3 rings (SSSR count). The van der Waals surface area contributed by atoms with Gasteiger partial charge in [-0.3, -0.25) is 9.69 Å². The van der Waals surface area contributed by atoms with E-state index in [1.807, 2.05) is 37.3 Å². The minimum atomic E-state index is -3.05. The summed E-state index contributed by atoms with van der Waals surface area (Å²) >= 11 is 1.51. The van der Waals surface area contributed by atoms with E-state index in [4.69, 9.17) is 0 Å². The number of nitrogens with zero attached hydrogens (tertiary/aromatic N) is 2. The normalized spacial score (nSPS) is 26.9. The van der Waals surface area contributed by atoms with Gasteiger partial charge in [-0.15, -0.1) is 11.8 Å². The number of carbonyl (C=O) groups excluding carboxylic acids is 1. The van der Waals surface area contributed by atoms with Crippen molar-refractivity contribution in [3.63, 3.8) is 0 Å². The van der Waals surface area contributed by atoms with E-state index in [9.17, 15) is 13.2 Å². The van der Waals surface area contributed by atoms with Crippen LogP contribution in [0.1, 0.15) is 6.92 Å². The van der Waals surface area contributed by atoms with Gasteiger partial charge in [-0.05, 0) is 18.7 Å². The number of likely N-dealkylation sites (N-methyl/N-ethyl adjacent to an activating group) is 1. The topological polar surface area (TPSA) is 57.7 Å². The molecule has 0 aliphatic carbocycles. The van der Waals surface area contributed by atoms with Gasteiger partial charge in [-0.1, -0.05) is 25.1 Å². The summed E-state index contributed by atoms with van der Waals surface area (Å²) in [5, 5.41) is 0. The van der Waals surface area contributed by atoms with Crippen LogP contribution in [0.4, 0.5) is 0 Å². The van der Waals surface area contributed by atoms with Crippen LogP contribution in [0.15, 0.2) is 35.2 Å². The first kappa shape index (κ1) is 16.8. The van der Waals surface area contributed by atoms with Gasteiger partial charge in [-0.25, -0.2) is 8.42 Å². The molecule has 2 fully saturated rings. The highest BCUT2D eigenvalue weighted by atomic mass is 32.2. The molecule has 2 aliphatic heterocycles. The number of carbonyl (C=O) groups is 1. The van der Waals surface area contributed by atoms with Gasteiger partial charge >= 0.3 is 0 Å². The molecule has 0 saturated carbocycles. The number of piperazine rings is 1. The van der Waals surface area contributed by atoms with Gasteiger partial charge in [0.2, 0.25) is 5.91 Å². The second-order valence-corrected chi connectivity index (χ2v) is 9.23. The first-order valence-electron chi connectivity index (χ1n) is 7.92. The summed E-state index contributed by atoms with van der Waals surface area (Å²) in [6, 6.07) is 9.59. The zero-order chi connectivity index (χ0) is 16.4. The highest BCUT2D eigenvalue weighted by Crippen LogP contribution is 2.28. The average Bonchev–Trinajstić information content (AvgIpc) is 2.87. The standard InChI is InChI=1S/C16H22N2O3S2/c1-2-17-8-9-18(15-12-23(20,21)11-14(15)17)16(19)10-22-13-6-4-3-5-7-13/h3-7,14-15H,2,8-12H2,1H3/t14-,15+/m1/s1. The van der Waals surface area contributed by atoms with E-state index in [2.05, 4.69) is 4.90 Å². The number of hydrogen-bond donors (Lipinski definition) is 0. The van der Waals surface area contributed by atoms with E-state index in [0.29, 0.717) is 12.3 Å². The Bertz CT molecular complexity index is 663. The van der Waals surface area contributed by atoms with Gasteiger partial charge in [0.05, 0.1) is 23.3 Å². The van der Waals surface area contributed by atoms with Crippen molar-refractivity contribution in [1.29, 1.82) is 0 Å². The number of thioether (sulfide) groups is 1. The first-order valence-corrected chi connectivity index (χ1v) is 10.7. The maximum atomic E-state index is 12.6. The van der Waals surface area contributed by atoms with Crippen LogP contribution >= 0.6 is 11.8 Å². The summed E-state index contributed by atoms with van der Waals surface area (Å²) in [6.45, 7) is 4.26. The van der Waals surface area contributed by atoms with Crippen LogP contribution < -0.4 is 0 Å². The number of hydrogen-bond acceptors (Lipinski definition) is 5. The molecule has 2 saturated heterocycles. The summed E-state index contributed by atoms with van der Waals surface area (Å²) in [4.78, 5) is 17.7. The second kappa shape index (κ2) is 6.83. The summed E-state index contributed by atoms with van der Waals surface area (Å²) in [5.41, 5.74) is 0. The zero-order valence-electron chi connectivity index (χ0n) is 13.2. The van der Waals surface area contributed by atoms with Crippen molar-refractivity contribution in [2.75, 3.05) is 36.9 Å². The third-order valence-corrected chi connectivity index (χ3v) is 7.32. The molecule has 7 heteroatoms. The lowest BCUT2D eigenvalue weighted by molar-refractivity contribution is -0.133. The quantitative estimate of drug-likeness (QED) is 0.758. The lowest BCUT2D eigenvalue weighted by atomic mass is 10.0. The van der Waals surface area contributed by atoms with Gasteiger partial charge < -0.3 is 4.90 Å². The molecule has 2 aliphatic rings. The minimum Gasteiger partial charge on any atom is -0.335 e. The number of sulfone groups is 1. The first-order chi connectivity index (χ1) is 11.0. The predicted octanol–water partition coefficient (Wildman–Crippen LogP) is 1.11. The number of amides is 1. The van der Waals surface area contributed by atoms with Crippen molar-refractivity contribution in [2.45, 2.75) is 23.9 Å². The highest BCUT2D eigenvalue weighted by molar-refractivity contribution is 8.00. The Morgan fingerprint density at radius 1 is 1.17 bits per heavy atom. The van der Waals surface area contributed by atoms with Gasteiger partial charge in [0.1, 0.15) is 0 Å². The Morgan fingerprint density at radius 2 is 1.87 bits per heavy atom. The minimum absolute atomic E-state index is 0.0376. The van der Waals surface area contributed by atoms with E-state index >= 15 is 0 Å². The maximum absolute atomic E-state index is 12.6. The molecule has 0 spiro atoms. The lowest BCUT2D eigenvalue weighted by Crippen LogP contribution is -2.60. The van der Waals surface area contributed by atoms with Gasteiger partial charge in [-0.2, -0.15) is 0 Å². The number of benzene rings is 1. The van der Waals surface area contributed by atoms with Crippen molar-refractivity contribution in [3.05, 3.63) is 30.3 Å². The molecule has 0 bridgehead atoms. The Hall–Kier alpha value is -1.05.